The van der Waals surface area contributed by atoms with Crippen molar-refractivity contribution in [2.45, 2.75) is 19.9 Å². The normalized spacial score (nSPS) is 23.6. The van der Waals surface area contributed by atoms with Crippen LogP contribution < -0.4 is 5.73 Å². The van der Waals surface area contributed by atoms with Crippen LogP contribution in [-0.4, -0.2) is 6.04 Å². The minimum Gasteiger partial charge on any atom is -0.324 e. The van der Waals surface area contributed by atoms with Crippen molar-refractivity contribution in [3.05, 3.63) is 53.9 Å². The third-order valence-electron chi connectivity index (χ3n) is 3.23. The van der Waals surface area contributed by atoms with Gasteiger partial charge in [-0.05, 0) is 11.6 Å². The molecule has 0 heterocycles. The lowest BCUT2D eigenvalue weighted by atomic mass is 9.72. The fourth-order valence-corrected chi connectivity index (χ4v) is 2.10. The van der Waals surface area contributed by atoms with E-state index in [4.69, 9.17) is 5.73 Å². The van der Waals surface area contributed by atoms with E-state index in [1.165, 1.54) is 6.08 Å². The molecule has 0 saturated carbocycles. The van der Waals surface area contributed by atoms with Gasteiger partial charge in [0.25, 0.3) is 0 Å². The molecule has 0 bridgehead atoms. The molecule has 1 atom stereocenters. The van der Waals surface area contributed by atoms with Gasteiger partial charge in [-0.3, -0.25) is 0 Å². The van der Waals surface area contributed by atoms with Crippen LogP contribution in [0.25, 0.3) is 5.57 Å². The third-order valence-corrected chi connectivity index (χ3v) is 3.23. The fraction of sp³-hybridized carbons (Fsp3) is 0.286. The van der Waals surface area contributed by atoms with Gasteiger partial charge in [0.2, 0.25) is 0 Å². The van der Waals surface area contributed by atoms with Crippen LogP contribution in [0.2, 0.25) is 0 Å². The summed E-state index contributed by atoms with van der Waals surface area (Å²) in [6, 6.07) is 9.44. The number of benzene rings is 1. The maximum absolute atomic E-state index is 13.9. The molecule has 0 aromatic heterocycles. The zero-order valence-corrected chi connectivity index (χ0v) is 9.57. The van der Waals surface area contributed by atoms with Crippen LogP contribution in [-0.2, 0) is 0 Å². The molecule has 2 heteroatoms. The van der Waals surface area contributed by atoms with E-state index in [1.807, 2.05) is 44.2 Å². The summed E-state index contributed by atoms with van der Waals surface area (Å²) in [6.07, 6.45) is 3.19. The van der Waals surface area contributed by atoms with E-state index in [-0.39, 0.29) is 17.3 Å². The Morgan fingerprint density at radius 3 is 2.44 bits per heavy atom. The van der Waals surface area contributed by atoms with Crippen LogP contribution in [0.4, 0.5) is 4.39 Å². The van der Waals surface area contributed by atoms with Crippen molar-refractivity contribution in [2.24, 2.45) is 11.1 Å². The Balaban J connectivity index is 2.57. The van der Waals surface area contributed by atoms with Crippen LogP contribution in [0.3, 0.4) is 0 Å². The smallest absolute Gasteiger partial charge is 0.127 e. The van der Waals surface area contributed by atoms with Gasteiger partial charge in [0, 0.05) is 17.0 Å². The van der Waals surface area contributed by atoms with Gasteiger partial charge in [0.05, 0.1) is 0 Å². The largest absolute Gasteiger partial charge is 0.324 e. The van der Waals surface area contributed by atoms with Crippen molar-refractivity contribution in [1.29, 1.82) is 0 Å². The van der Waals surface area contributed by atoms with E-state index in [0.29, 0.717) is 5.57 Å². The van der Waals surface area contributed by atoms with Crippen LogP contribution in [0.15, 0.2) is 48.3 Å². The van der Waals surface area contributed by atoms with Gasteiger partial charge in [-0.1, -0.05) is 50.3 Å². The number of hydrogen-bond donors (Lipinski definition) is 1. The summed E-state index contributed by atoms with van der Waals surface area (Å²) in [7, 11) is 0. The summed E-state index contributed by atoms with van der Waals surface area (Å²) in [6.45, 7) is 3.95. The average molecular weight is 217 g/mol. The summed E-state index contributed by atoms with van der Waals surface area (Å²) < 4.78 is 13.9. The Labute approximate surface area is 95.5 Å². The molecule has 2 N–H and O–H groups in total. The second-order valence-corrected chi connectivity index (χ2v) is 4.70. The number of rotatable bonds is 1. The number of halogens is 1. The summed E-state index contributed by atoms with van der Waals surface area (Å²) >= 11 is 0. The molecular formula is C14H16FN. The zero-order chi connectivity index (χ0) is 11.8. The summed E-state index contributed by atoms with van der Waals surface area (Å²) in [5.74, 6) is -0.182. The molecule has 0 saturated heterocycles. The summed E-state index contributed by atoms with van der Waals surface area (Å²) in [5.41, 5.74) is 7.24. The number of allylic oxidation sites excluding steroid dienone is 2. The highest BCUT2D eigenvalue weighted by Crippen LogP contribution is 2.42. The predicted molar refractivity (Wildman–Crippen MR) is 65.4 cm³/mol. The third kappa shape index (κ3) is 1.69. The second-order valence-electron chi connectivity index (χ2n) is 4.70. The Kier molecular flexibility index (Phi) is 2.68. The Bertz CT molecular complexity index is 443. The van der Waals surface area contributed by atoms with Gasteiger partial charge in [-0.2, -0.15) is 0 Å². The number of hydrogen-bond acceptors (Lipinski definition) is 1. The molecule has 1 aliphatic rings. The molecule has 1 aliphatic carbocycles. The first-order chi connectivity index (χ1) is 7.53. The van der Waals surface area contributed by atoms with E-state index >= 15 is 0 Å². The van der Waals surface area contributed by atoms with E-state index in [2.05, 4.69) is 0 Å². The SMILES string of the molecule is CC1(C)C(c2ccccc2)=C(F)C=CC1N. The lowest BCUT2D eigenvalue weighted by molar-refractivity contribution is 0.425. The highest BCUT2D eigenvalue weighted by Gasteiger charge is 2.34. The van der Waals surface area contributed by atoms with Gasteiger partial charge in [0.15, 0.2) is 0 Å². The molecule has 84 valence electrons. The molecule has 1 aromatic carbocycles. The minimum atomic E-state index is -0.375. The standard InChI is InChI=1S/C14H16FN/c1-14(2)12(16)9-8-11(15)13(14)10-6-4-3-5-7-10/h3-9,12H,16H2,1-2H3. The number of nitrogens with two attached hydrogens (primary N) is 1. The Hall–Kier alpha value is -1.41. The summed E-state index contributed by atoms with van der Waals surface area (Å²) in [4.78, 5) is 0. The van der Waals surface area contributed by atoms with E-state index < -0.39 is 0 Å². The first kappa shape index (κ1) is 11.1. The van der Waals surface area contributed by atoms with Crippen molar-refractivity contribution in [3.8, 4) is 0 Å². The second kappa shape index (κ2) is 3.87. The van der Waals surface area contributed by atoms with Crippen LogP contribution in [0.5, 0.6) is 0 Å². The maximum atomic E-state index is 13.9. The molecule has 0 aliphatic heterocycles. The molecule has 0 fully saturated rings. The van der Waals surface area contributed by atoms with Crippen molar-refractivity contribution >= 4 is 5.57 Å². The highest BCUT2D eigenvalue weighted by atomic mass is 19.1. The molecule has 1 aromatic rings. The molecule has 0 spiro atoms. The van der Waals surface area contributed by atoms with Gasteiger partial charge in [-0.25, -0.2) is 4.39 Å². The first-order valence-corrected chi connectivity index (χ1v) is 5.43. The maximum Gasteiger partial charge on any atom is 0.127 e. The van der Waals surface area contributed by atoms with Crippen molar-refractivity contribution in [1.82, 2.24) is 0 Å². The molecule has 1 nitrogen and oxygen atoms in total. The van der Waals surface area contributed by atoms with Gasteiger partial charge >= 0.3 is 0 Å². The monoisotopic (exact) mass is 217 g/mol. The van der Waals surface area contributed by atoms with Crippen LogP contribution in [0, 0.1) is 5.41 Å². The first-order valence-electron chi connectivity index (χ1n) is 5.43. The van der Waals surface area contributed by atoms with Crippen molar-refractivity contribution < 1.29 is 4.39 Å². The average Bonchev–Trinajstić information content (AvgIpc) is 2.25. The fourth-order valence-electron chi connectivity index (χ4n) is 2.10. The molecule has 0 amide bonds. The lowest BCUT2D eigenvalue weighted by Gasteiger charge is -2.35. The lowest BCUT2D eigenvalue weighted by Crippen LogP contribution is -2.38. The van der Waals surface area contributed by atoms with Gasteiger partial charge < -0.3 is 5.73 Å². The van der Waals surface area contributed by atoms with E-state index in [9.17, 15) is 4.39 Å². The zero-order valence-electron chi connectivity index (χ0n) is 9.57. The van der Waals surface area contributed by atoms with Crippen LogP contribution >= 0.6 is 0 Å². The molecular weight excluding hydrogens is 201 g/mol. The molecule has 2 rings (SSSR count). The topological polar surface area (TPSA) is 26.0 Å². The predicted octanol–water partition coefficient (Wildman–Crippen LogP) is 3.29. The van der Waals surface area contributed by atoms with Gasteiger partial charge in [-0.15, -0.1) is 0 Å². The molecule has 1 unspecified atom stereocenters. The van der Waals surface area contributed by atoms with E-state index in [0.717, 1.165) is 5.56 Å². The van der Waals surface area contributed by atoms with Crippen molar-refractivity contribution in [2.75, 3.05) is 0 Å². The minimum absolute atomic E-state index is 0.151. The Morgan fingerprint density at radius 2 is 1.81 bits per heavy atom. The highest BCUT2D eigenvalue weighted by molar-refractivity contribution is 5.75. The quantitative estimate of drug-likeness (QED) is 0.767. The van der Waals surface area contributed by atoms with Crippen LogP contribution in [0.1, 0.15) is 19.4 Å². The van der Waals surface area contributed by atoms with E-state index in [1.54, 1.807) is 6.08 Å². The molecule has 0 radical (unpaired) electrons. The van der Waals surface area contributed by atoms with Gasteiger partial charge in [0.1, 0.15) is 5.83 Å². The van der Waals surface area contributed by atoms with Crippen molar-refractivity contribution in [3.63, 3.8) is 0 Å². The summed E-state index contributed by atoms with van der Waals surface area (Å²) in [5, 5.41) is 0. The molecule has 16 heavy (non-hydrogen) atoms. The Morgan fingerprint density at radius 1 is 1.19 bits per heavy atom.